The molecule has 0 atom stereocenters. The minimum atomic E-state index is -1.14. The Balaban J connectivity index is 2.02. The average Bonchev–Trinajstić information content (AvgIpc) is 2.94. The van der Waals surface area contributed by atoms with E-state index in [1.165, 1.54) is 29.2 Å². The number of benzene rings is 1. The lowest BCUT2D eigenvalue weighted by atomic mass is 10.2. The summed E-state index contributed by atoms with van der Waals surface area (Å²) in [6.07, 6.45) is 3.18. The molecule has 0 aliphatic heterocycles. The fourth-order valence-electron chi connectivity index (χ4n) is 1.93. The highest BCUT2D eigenvalue weighted by Crippen LogP contribution is 2.25. The zero-order valence-corrected chi connectivity index (χ0v) is 13.0. The molecule has 126 valence electrons. The van der Waals surface area contributed by atoms with E-state index in [2.05, 4.69) is 10.4 Å². The van der Waals surface area contributed by atoms with Gasteiger partial charge in [-0.05, 0) is 25.0 Å². The second kappa shape index (κ2) is 7.55. The van der Waals surface area contributed by atoms with Crippen LogP contribution in [-0.2, 0) is 11.3 Å². The lowest BCUT2D eigenvalue weighted by molar-refractivity contribution is -0.384. The maximum atomic E-state index is 12.1. The van der Waals surface area contributed by atoms with Gasteiger partial charge in [0.25, 0.3) is 11.6 Å². The van der Waals surface area contributed by atoms with E-state index in [0.717, 1.165) is 6.07 Å². The summed E-state index contributed by atoms with van der Waals surface area (Å²) in [6.45, 7) is 0.357. The number of carbonyl (C=O) groups is 2. The smallest absolute Gasteiger partial charge is 0.288 e. The zero-order chi connectivity index (χ0) is 17.7. The van der Waals surface area contributed by atoms with Gasteiger partial charge in [-0.3, -0.25) is 19.6 Å². The fourth-order valence-corrected chi connectivity index (χ4v) is 2.12. The number of anilines is 1. The Morgan fingerprint density at radius 1 is 1.38 bits per heavy atom. The van der Waals surface area contributed by atoms with Gasteiger partial charge >= 0.3 is 0 Å². The van der Waals surface area contributed by atoms with Crippen LogP contribution in [0.5, 0.6) is 0 Å². The van der Waals surface area contributed by atoms with E-state index < -0.39 is 16.8 Å². The van der Waals surface area contributed by atoms with Crippen LogP contribution in [0.25, 0.3) is 0 Å². The van der Waals surface area contributed by atoms with Crippen molar-refractivity contribution < 1.29 is 19.6 Å². The van der Waals surface area contributed by atoms with Crippen LogP contribution < -0.4 is 10.4 Å². The van der Waals surface area contributed by atoms with Crippen molar-refractivity contribution in [3.8, 4) is 0 Å². The third-order valence-electron chi connectivity index (χ3n) is 3.06. The third kappa shape index (κ3) is 4.53. The van der Waals surface area contributed by atoms with Crippen LogP contribution in [-0.4, -0.2) is 26.6 Å². The molecule has 0 saturated carbocycles. The van der Waals surface area contributed by atoms with Gasteiger partial charge in [-0.1, -0.05) is 11.6 Å². The standard InChI is InChI=1S/C14H13ClN4O5/c15-11-4-3-9(6-12(11)19(23)24)14(22)17-10-7-16-18(8-10)5-1-2-13(20)21/h3-4,6-8H,1-2,5H2,(H,17,22)(H,20,21)/p-1. The van der Waals surface area contributed by atoms with Crippen LogP contribution in [0.3, 0.4) is 0 Å². The molecule has 1 amide bonds. The number of amides is 1. The van der Waals surface area contributed by atoms with E-state index in [4.69, 9.17) is 11.6 Å². The van der Waals surface area contributed by atoms with Gasteiger partial charge in [-0.2, -0.15) is 5.10 Å². The van der Waals surface area contributed by atoms with E-state index in [1.54, 1.807) is 0 Å². The van der Waals surface area contributed by atoms with E-state index in [9.17, 15) is 24.8 Å². The zero-order valence-electron chi connectivity index (χ0n) is 12.3. The van der Waals surface area contributed by atoms with Gasteiger partial charge in [0.05, 0.1) is 16.8 Å². The molecular weight excluding hydrogens is 340 g/mol. The molecule has 0 radical (unpaired) electrons. The summed E-state index contributed by atoms with van der Waals surface area (Å²) in [6, 6.07) is 3.73. The van der Waals surface area contributed by atoms with Crippen molar-refractivity contribution in [1.29, 1.82) is 0 Å². The molecule has 0 aliphatic rings. The molecule has 0 bridgehead atoms. The maximum Gasteiger partial charge on any atom is 0.288 e. The Morgan fingerprint density at radius 3 is 2.79 bits per heavy atom. The molecule has 1 aromatic heterocycles. The van der Waals surface area contributed by atoms with E-state index >= 15 is 0 Å². The number of halogens is 1. The summed E-state index contributed by atoms with van der Waals surface area (Å²) in [5.41, 5.74) is 0.101. The number of rotatable bonds is 7. The summed E-state index contributed by atoms with van der Waals surface area (Å²) in [5.74, 6) is -1.69. The number of nitro benzene ring substituents is 1. The SMILES string of the molecule is O=C([O-])CCCn1cc(NC(=O)c2ccc(Cl)c([N+](=O)[O-])c2)cn1. The minimum Gasteiger partial charge on any atom is -0.550 e. The number of hydrogen-bond acceptors (Lipinski definition) is 6. The van der Waals surface area contributed by atoms with Crippen molar-refractivity contribution in [1.82, 2.24) is 9.78 Å². The van der Waals surface area contributed by atoms with Crippen LogP contribution >= 0.6 is 11.6 Å². The van der Waals surface area contributed by atoms with Gasteiger partial charge in [0.2, 0.25) is 0 Å². The minimum absolute atomic E-state index is 0.0581. The van der Waals surface area contributed by atoms with Crippen molar-refractivity contribution in [3.05, 3.63) is 51.3 Å². The lowest BCUT2D eigenvalue weighted by Crippen LogP contribution is -2.22. The van der Waals surface area contributed by atoms with Gasteiger partial charge in [-0.15, -0.1) is 0 Å². The van der Waals surface area contributed by atoms with Crippen molar-refractivity contribution in [2.24, 2.45) is 0 Å². The number of aryl methyl sites for hydroxylation is 1. The number of nitrogens with zero attached hydrogens (tertiary/aromatic N) is 3. The summed E-state index contributed by atoms with van der Waals surface area (Å²) in [5, 5.41) is 27.6. The molecule has 0 aliphatic carbocycles. The molecule has 1 aromatic carbocycles. The maximum absolute atomic E-state index is 12.1. The number of carboxylic acids is 1. The first-order valence-corrected chi connectivity index (χ1v) is 7.22. The fraction of sp³-hybridized carbons (Fsp3) is 0.214. The average molecular weight is 352 g/mol. The largest absolute Gasteiger partial charge is 0.550 e. The van der Waals surface area contributed by atoms with E-state index in [1.807, 2.05) is 0 Å². The van der Waals surface area contributed by atoms with Gasteiger partial charge in [0, 0.05) is 30.3 Å². The number of carbonyl (C=O) groups excluding carboxylic acids is 2. The highest BCUT2D eigenvalue weighted by Gasteiger charge is 2.16. The highest BCUT2D eigenvalue weighted by atomic mass is 35.5. The van der Waals surface area contributed by atoms with Crippen molar-refractivity contribution >= 4 is 34.9 Å². The number of aromatic nitrogens is 2. The van der Waals surface area contributed by atoms with E-state index in [0.29, 0.717) is 18.7 Å². The van der Waals surface area contributed by atoms with Gasteiger partial charge in [-0.25, -0.2) is 0 Å². The first-order chi connectivity index (χ1) is 11.4. The molecule has 1 heterocycles. The summed E-state index contributed by atoms with van der Waals surface area (Å²) >= 11 is 5.70. The number of nitro groups is 1. The summed E-state index contributed by atoms with van der Waals surface area (Å²) in [7, 11) is 0. The Labute approximate surface area is 141 Å². The Kier molecular flexibility index (Phi) is 5.48. The molecule has 2 rings (SSSR count). The van der Waals surface area contributed by atoms with Crippen molar-refractivity contribution in [3.63, 3.8) is 0 Å². The van der Waals surface area contributed by atoms with Gasteiger partial charge in [0.15, 0.2) is 0 Å². The van der Waals surface area contributed by atoms with Crippen LogP contribution in [0.15, 0.2) is 30.6 Å². The van der Waals surface area contributed by atoms with E-state index in [-0.39, 0.29) is 22.7 Å². The Bertz CT molecular complexity index is 789. The molecule has 24 heavy (non-hydrogen) atoms. The normalized spacial score (nSPS) is 10.4. The summed E-state index contributed by atoms with van der Waals surface area (Å²) in [4.78, 5) is 32.6. The molecule has 0 fully saturated rings. The second-order valence-corrected chi connectivity index (χ2v) is 5.25. The van der Waals surface area contributed by atoms with Crippen molar-refractivity contribution in [2.45, 2.75) is 19.4 Å². The number of aliphatic carboxylic acids is 1. The van der Waals surface area contributed by atoms with Crippen LogP contribution in [0.1, 0.15) is 23.2 Å². The number of hydrogen-bond donors (Lipinski definition) is 1. The molecule has 2 aromatic rings. The summed E-state index contributed by atoms with van der Waals surface area (Å²) < 4.78 is 1.48. The van der Waals surface area contributed by atoms with Crippen molar-refractivity contribution in [2.75, 3.05) is 5.32 Å². The lowest BCUT2D eigenvalue weighted by Gasteiger charge is -2.04. The van der Waals surface area contributed by atoms with Crippen LogP contribution in [0, 0.1) is 10.1 Å². The van der Waals surface area contributed by atoms with Gasteiger partial charge < -0.3 is 15.2 Å². The highest BCUT2D eigenvalue weighted by molar-refractivity contribution is 6.32. The monoisotopic (exact) mass is 351 g/mol. The van der Waals surface area contributed by atoms with Gasteiger partial charge in [0.1, 0.15) is 5.02 Å². The topological polar surface area (TPSA) is 130 Å². The molecule has 9 nitrogen and oxygen atoms in total. The third-order valence-corrected chi connectivity index (χ3v) is 3.38. The second-order valence-electron chi connectivity index (χ2n) is 4.85. The molecule has 10 heteroatoms. The molecule has 0 unspecified atom stereocenters. The van der Waals surface area contributed by atoms with Crippen LogP contribution in [0.2, 0.25) is 5.02 Å². The Morgan fingerprint density at radius 2 is 2.12 bits per heavy atom. The first kappa shape index (κ1) is 17.4. The molecule has 0 spiro atoms. The predicted octanol–water partition coefficient (Wildman–Crippen LogP) is 1.23. The quantitative estimate of drug-likeness (QED) is 0.589. The number of carboxylic acid groups (broad SMARTS) is 1. The van der Waals surface area contributed by atoms with Crippen LogP contribution in [0.4, 0.5) is 11.4 Å². The molecular formula is C14H12ClN4O5-. The predicted molar refractivity (Wildman–Crippen MR) is 82.5 cm³/mol. The Hall–Kier alpha value is -2.94. The molecule has 1 N–H and O–H groups in total. The number of nitrogens with one attached hydrogen (secondary N) is 1. The molecule has 0 saturated heterocycles. The first-order valence-electron chi connectivity index (χ1n) is 6.84.